The Balaban J connectivity index is 1.44. The van der Waals surface area contributed by atoms with Crippen molar-refractivity contribution in [2.75, 3.05) is 16.4 Å². The van der Waals surface area contributed by atoms with E-state index in [9.17, 15) is 14.7 Å². The van der Waals surface area contributed by atoms with Crippen LogP contribution in [0.2, 0.25) is 0 Å². The van der Waals surface area contributed by atoms with Gasteiger partial charge in [-0.05, 0) is 89.2 Å². The van der Waals surface area contributed by atoms with Gasteiger partial charge in [0.15, 0.2) is 0 Å². The summed E-state index contributed by atoms with van der Waals surface area (Å²) in [7, 11) is 0. The Kier molecular flexibility index (Phi) is 9.43. The molecule has 0 aliphatic rings. The third-order valence-corrected chi connectivity index (χ3v) is 7.02. The zero-order valence-corrected chi connectivity index (χ0v) is 23.6. The predicted molar refractivity (Wildman–Crippen MR) is 165 cm³/mol. The average Bonchev–Trinajstić information content (AvgIpc) is 2.92. The van der Waals surface area contributed by atoms with Crippen molar-refractivity contribution in [3.8, 4) is 5.75 Å². The molecule has 0 radical (unpaired) electrons. The van der Waals surface area contributed by atoms with E-state index in [1.54, 1.807) is 42.5 Å². The van der Waals surface area contributed by atoms with Crippen molar-refractivity contribution >= 4 is 62.4 Å². The van der Waals surface area contributed by atoms with Crippen molar-refractivity contribution in [1.82, 2.24) is 0 Å². The summed E-state index contributed by atoms with van der Waals surface area (Å²) >= 11 is 2.16. The van der Waals surface area contributed by atoms with Gasteiger partial charge in [-0.2, -0.15) is 0 Å². The summed E-state index contributed by atoms with van der Waals surface area (Å²) in [5.41, 5.74) is 8.11. The fourth-order valence-corrected chi connectivity index (χ4v) is 4.83. The van der Waals surface area contributed by atoms with Crippen molar-refractivity contribution in [2.45, 2.75) is 25.9 Å². The molecule has 0 saturated carbocycles. The molecule has 4 rings (SSSR count). The zero-order chi connectivity index (χ0) is 27.8. The number of carbonyl (C=O) groups excluding carboxylic acids is 2. The van der Waals surface area contributed by atoms with Crippen LogP contribution in [-0.4, -0.2) is 17.1 Å². The van der Waals surface area contributed by atoms with Gasteiger partial charge in [0.2, 0.25) is 5.91 Å². The third kappa shape index (κ3) is 7.51. The van der Waals surface area contributed by atoms with Gasteiger partial charge >= 0.3 is 6.09 Å². The number of nitrogens with one attached hydrogen (secondary N) is 2. The van der Waals surface area contributed by atoms with Gasteiger partial charge in [-0.15, -0.1) is 0 Å². The number of nitrogens with two attached hydrogens (primary N) is 1. The number of phenols is 1. The lowest BCUT2D eigenvalue weighted by molar-refractivity contribution is -0.111. The number of rotatable bonds is 9. The maximum absolute atomic E-state index is 13.1. The molecule has 0 aliphatic carbocycles. The molecule has 4 aromatic carbocycles. The second kappa shape index (κ2) is 13.1. The van der Waals surface area contributed by atoms with Gasteiger partial charge in [0.25, 0.3) is 0 Å². The quantitative estimate of drug-likeness (QED) is 0.0858. The SMILES string of the molecule is C[C@@H](CC/C=C/C(=O)Nc1ccccc1N)[C@@H](OC(=O)Nc1cccc2ccccc12)c1cc(I)ccc1O. The molecule has 0 heterocycles. The van der Waals surface area contributed by atoms with Crippen molar-refractivity contribution in [1.29, 1.82) is 0 Å². The van der Waals surface area contributed by atoms with Gasteiger partial charge in [0.1, 0.15) is 11.9 Å². The first-order valence-corrected chi connectivity index (χ1v) is 13.7. The van der Waals surface area contributed by atoms with Gasteiger partial charge in [-0.25, -0.2) is 4.79 Å². The molecule has 2 atom stereocenters. The minimum atomic E-state index is -0.707. The van der Waals surface area contributed by atoms with Crippen molar-refractivity contribution in [2.24, 2.45) is 5.92 Å². The smallest absolute Gasteiger partial charge is 0.412 e. The molecule has 0 saturated heterocycles. The molecular formula is C31H30IN3O4. The maximum atomic E-state index is 13.1. The highest BCUT2D eigenvalue weighted by Gasteiger charge is 2.26. The number of allylic oxidation sites excluding steroid dienone is 1. The number of carbonyl (C=O) groups is 2. The number of aromatic hydroxyl groups is 1. The summed E-state index contributed by atoms with van der Waals surface area (Å²) in [6.45, 7) is 1.95. The van der Waals surface area contributed by atoms with Crippen LogP contribution in [0.5, 0.6) is 5.75 Å². The Bertz CT molecular complexity index is 1500. The van der Waals surface area contributed by atoms with Gasteiger partial charge in [0, 0.05) is 14.5 Å². The number of anilines is 3. The van der Waals surface area contributed by atoms with E-state index in [4.69, 9.17) is 10.5 Å². The van der Waals surface area contributed by atoms with E-state index in [0.717, 1.165) is 14.3 Å². The summed E-state index contributed by atoms with van der Waals surface area (Å²) in [6, 6.07) is 25.7. The lowest BCUT2D eigenvalue weighted by atomic mass is 9.92. The fourth-order valence-electron chi connectivity index (χ4n) is 4.31. The predicted octanol–water partition coefficient (Wildman–Crippen LogP) is 7.63. The summed E-state index contributed by atoms with van der Waals surface area (Å²) < 4.78 is 6.84. The summed E-state index contributed by atoms with van der Waals surface area (Å²) in [6.07, 6.45) is 3.08. The molecule has 0 spiro atoms. The van der Waals surface area contributed by atoms with Gasteiger partial charge < -0.3 is 20.9 Å². The summed E-state index contributed by atoms with van der Waals surface area (Å²) in [5, 5.41) is 18.1. The molecule has 0 aliphatic heterocycles. The van der Waals surface area contributed by atoms with E-state index in [-0.39, 0.29) is 17.6 Å². The fraction of sp³-hybridized carbons (Fsp3) is 0.161. The van der Waals surface area contributed by atoms with Crippen molar-refractivity contribution < 1.29 is 19.4 Å². The van der Waals surface area contributed by atoms with E-state index < -0.39 is 12.2 Å². The van der Waals surface area contributed by atoms with Crippen LogP contribution in [0.25, 0.3) is 10.8 Å². The average molecular weight is 636 g/mol. The lowest BCUT2D eigenvalue weighted by Crippen LogP contribution is -2.22. The van der Waals surface area contributed by atoms with Crippen molar-refractivity contribution in [3.05, 3.63) is 106 Å². The molecule has 39 heavy (non-hydrogen) atoms. The van der Waals surface area contributed by atoms with Crippen LogP contribution in [0.1, 0.15) is 31.4 Å². The molecule has 0 aromatic heterocycles. The maximum Gasteiger partial charge on any atom is 0.412 e. The van der Waals surface area contributed by atoms with E-state index in [1.165, 1.54) is 6.08 Å². The van der Waals surface area contributed by atoms with Crippen LogP contribution < -0.4 is 16.4 Å². The molecule has 0 fully saturated rings. The highest BCUT2D eigenvalue weighted by molar-refractivity contribution is 14.1. The Labute approximate surface area is 241 Å². The van der Waals surface area contributed by atoms with Crippen LogP contribution in [0, 0.1) is 9.49 Å². The normalized spacial score (nSPS) is 12.7. The van der Waals surface area contributed by atoms with Crippen molar-refractivity contribution in [3.63, 3.8) is 0 Å². The first-order valence-electron chi connectivity index (χ1n) is 12.6. The van der Waals surface area contributed by atoms with Crippen LogP contribution in [0.4, 0.5) is 21.9 Å². The van der Waals surface area contributed by atoms with E-state index in [1.807, 2.05) is 55.5 Å². The van der Waals surface area contributed by atoms with Crippen LogP contribution in [0.15, 0.2) is 97.1 Å². The van der Waals surface area contributed by atoms with E-state index >= 15 is 0 Å². The number of hydrogen-bond acceptors (Lipinski definition) is 5. The number of nitrogen functional groups attached to an aromatic ring is 1. The Morgan fingerprint density at radius 3 is 2.51 bits per heavy atom. The van der Waals surface area contributed by atoms with Gasteiger partial charge in [-0.3, -0.25) is 10.1 Å². The molecular weight excluding hydrogens is 605 g/mol. The third-order valence-electron chi connectivity index (χ3n) is 6.35. The number of benzene rings is 4. The highest BCUT2D eigenvalue weighted by Crippen LogP contribution is 2.36. The van der Waals surface area contributed by atoms with Crippen LogP contribution in [-0.2, 0) is 9.53 Å². The number of fused-ring (bicyclic) bond motifs is 1. The zero-order valence-electron chi connectivity index (χ0n) is 21.4. The molecule has 4 aromatic rings. The number of halogens is 1. The number of phenolic OH excluding ortho intramolecular Hbond substituents is 1. The van der Waals surface area contributed by atoms with E-state index in [0.29, 0.717) is 35.5 Å². The molecule has 8 heteroatoms. The topological polar surface area (TPSA) is 114 Å². The first-order chi connectivity index (χ1) is 18.8. The minimum absolute atomic E-state index is 0.0561. The summed E-state index contributed by atoms with van der Waals surface area (Å²) in [4.78, 5) is 25.4. The largest absolute Gasteiger partial charge is 0.508 e. The van der Waals surface area contributed by atoms with Crippen LogP contribution >= 0.6 is 22.6 Å². The number of amides is 2. The molecule has 7 nitrogen and oxygen atoms in total. The molecule has 2 amide bonds. The van der Waals surface area contributed by atoms with E-state index in [2.05, 4.69) is 33.2 Å². The Hall–Kier alpha value is -4.05. The second-order valence-corrected chi connectivity index (χ2v) is 10.5. The van der Waals surface area contributed by atoms with Gasteiger partial charge in [-0.1, -0.05) is 61.5 Å². The van der Waals surface area contributed by atoms with Gasteiger partial charge in [0.05, 0.1) is 17.1 Å². The second-order valence-electron chi connectivity index (χ2n) is 9.21. The molecule has 0 unspecified atom stereocenters. The standard InChI is InChI=1S/C31H30IN3O4/c1-20(9-2-7-16-29(37)34-27-14-6-5-13-25(27)33)30(24-19-22(32)17-18-28(24)36)39-31(38)35-26-15-8-11-21-10-3-4-12-23(21)26/h3-8,10-20,30,36H,2,9,33H2,1H3,(H,34,37)(H,35,38)/b16-7+/t20-,30+/m0/s1. The Morgan fingerprint density at radius 1 is 0.974 bits per heavy atom. The molecule has 5 N–H and O–H groups in total. The number of ether oxygens (including phenoxy) is 1. The lowest BCUT2D eigenvalue weighted by Gasteiger charge is -2.25. The molecule has 200 valence electrons. The molecule has 0 bridgehead atoms. The summed E-state index contributed by atoms with van der Waals surface area (Å²) in [5.74, 6) is -0.386. The first kappa shape index (κ1) is 28.0. The van der Waals surface area contributed by atoms with Crippen LogP contribution in [0.3, 0.4) is 0 Å². The Morgan fingerprint density at radius 2 is 1.69 bits per heavy atom. The monoisotopic (exact) mass is 635 g/mol. The number of hydrogen-bond donors (Lipinski definition) is 4. The number of para-hydroxylation sites is 2. The minimum Gasteiger partial charge on any atom is -0.508 e. The highest BCUT2D eigenvalue weighted by atomic mass is 127.